The largest absolute Gasteiger partial charge is 0.467 e. The molecule has 1 aliphatic heterocycles. The highest BCUT2D eigenvalue weighted by Crippen LogP contribution is 2.41. The number of carbonyl (C=O) groups excluding carboxylic acids is 5. The molecule has 1 heterocycles. The molecule has 3 rings (SSSR count). The van der Waals surface area contributed by atoms with Crippen LogP contribution in [0.2, 0.25) is 0 Å². The summed E-state index contributed by atoms with van der Waals surface area (Å²) in [6, 6.07) is 6.68. The molecule has 2 aliphatic rings. The Morgan fingerprint density at radius 1 is 0.894 bits per heavy atom. The topological polar surface area (TPSA) is 173 Å². The highest BCUT2D eigenvalue weighted by Gasteiger charge is 2.56. The van der Waals surface area contributed by atoms with Crippen molar-refractivity contribution in [3.63, 3.8) is 0 Å². The van der Waals surface area contributed by atoms with Crippen molar-refractivity contribution in [1.82, 2.24) is 4.90 Å². The van der Waals surface area contributed by atoms with Gasteiger partial charge >= 0.3 is 30.0 Å². The Kier molecular flexibility index (Phi) is 12.6. The monoisotopic (exact) mass is 665 g/mol. The molecular formula is C33H47NO13. The Hall–Kier alpha value is -3.91. The predicted molar refractivity (Wildman–Crippen MR) is 164 cm³/mol. The van der Waals surface area contributed by atoms with E-state index in [2.05, 4.69) is 0 Å². The van der Waals surface area contributed by atoms with Crippen LogP contribution in [0.5, 0.6) is 5.75 Å². The molecule has 1 saturated carbocycles. The van der Waals surface area contributed by atoms with Crippen molar-refractivity contribution < 1.29 is 62.2 Å². The van der Waals surface area contributed by atoms with Gasteiger partial charge in [-0.15, -0.1) is 0 Å². The standard InChI is InChI=1S/C33H47NO13/c1-19(35)42-25-26(43-20(2)36)28(44-21(3)37)30(46-27(25)29(38)41-8)45-23-14-12-22(13-15-23)24(33(40)16-10-9-11-17-33)18-34(7)31(39)47-32(4,5)6/h12-15,24-28,30,40H,9-11,16-18H2,1-8H3/t24?,25-,26-,27-,28+,30+/m0/s1. The number of aliphatic hydroxyl groups is 1. The molecule has 14 nitrogen and oxygen atoms in total. The van der Waals surface area contributed by atoms with Gasteiger partial charge in [0.25, 0.3) is 0 Å². The molecule has 262 valence electrons. The normalized spacial score (nSPS) is 24.6. The Labute approximate surface area is 274 Å². The maximum Gasteiger partial charge on any atom is 0.410 e. The number of rotatable bonds is 10. The number of hydrogen-bond donors (Lipinski definition) is 1. The van der Waals surface area contributed by atoms with Crippen LogP contribution in [-0.2, 0) is 47.6 Å². The highest BCUT2D eigenvalue weighted by molar-refractivity contribution is 5.77. The zero-order valence-electron chi connectivity index (χ0n) is 28.3. The summed E-state index contributed by atoms with van der Waals surface area (Å²) in [5, 5.41) is 11.8. The van der Waals surface area contributed by atoms with Crippen molar-refractivity contribution in [3.8, 4) is 5.75 Å². The molecule has 0 radical (unpaired) electrons. The Morgan fingerprint density at radius 3 is 1.94 bits per heavy atom. The number of nitrogens with zero attached hydrogens (tertiary/aromatic N) is 1. The lowest BCUT2D eigenvalue weighted by atomic mass is 9.72. The van der Waals surface area contributed by atoms with Gasteiger partial charge in [0.1, 0.15) is 11.4 Å². The first-order chi connectivity index (χ1) is 21.9. The van der Waals surface area contributed by atoms with Crippen LogP contribution in [0, 0.1) is 0 Å². The Morgan fingerprint density at radius 2 is 1.43 bits per heavy atom. The second-order valence-corrected chi connectivity index (χ2v) is 12.9. The molecule has 2 fully saturated rings. The van der Waals surface area contributed by atoms with Crippen LogP contribution in [0.25, 0.3) is 0 Å². The van der Waals surface area contributed by atoms with E-state index < -0.39 is 77.8 Å². The van der Waals surface area contributed by atoms with E-state index in [9.17, 15) is 29.1 Å². The van der Waals surface area contributed by atoms with E-state index in [0.29, 0.717) is 12.8 Å². The number of methoxy groups -OCH3 is 1. The molecule has 1 N–H and O–H groups in total. The molecule has 6 atom stereocenters. The summed E-state index contributed by atoms with van der Waals surface area (Å²) >= 11 is 0. The Balaban J connectivity index is 1.95. The minimum atomic E-state index is -1.60. The van der Waals surface area contributed by atoms with Crippen LogP contribution in [-0.4, -0.2) is 103 Å². The van der Waals surface area contributed by atoms with E-state index >= 15 is 0 Å². The van der Waals surface area contributed by atoms with Crippen LogP contribution in [0.1, 0.15) is 85.1 Å². The van der Waals surface area contributed by atoms with Gasteiger partial charge in [0.05, 0.1) is 12.7 Å². The lowest BCUT2D eigenvalue weighted by Gasteiger charge is -2.43. The van der Waals surface area contributed by atoms with Gasteiger partial charge in [0.15, 0.2) is 18.3 Å². The van der Waals surface area contributed by atoms with Gasteiger partial charge < -0.3 is 43.2 Å². The molecule has 0 aromatic heterocycles. The summed E-state index contributed by atoms with van der Waals surface area (Å²) in [6.45, 7) is 8.84. The molecule has 1 aliphatic carbocycles. The number of carbonyl (C=O) groups is 5. The molecular weight excluding hydrogens is 618 g/mol. The van der Waals surface area contributed by atoms with Crippen LogP contribution in [0.3, 0.4) is 0 Å². The number of esters is 4. The van der Waals surface area contributed by atoms with Gasteiger partial charge in [0, 0.05) is 40.3 Å². The third kappa shape index (κ3) is 10.3. The van der Waals surface area contributed by atoms with E-state index in [-0.39, 0.29) is 12.3 Å². The number of ether oxygens (including phenoxy) is 7. The van der Waals surface area contributed by atoms with Crippen molar-refractivity contribution >= 4 is 30.0 Å². The first-order valence-electron chi connectivity index (χ1n) is 15.6. The van der Waals surface area contributed by atoms with Gasteiger partial charge in [-0.2, -0.15) is 0 Å². The Bertz CT molecular complexity index is 1270. The van der Waals surface area contributed by atoms with Crippen molar-refractivity contribution in [2.24, 2.45) is 0 Å². The molecule has 14 heteroatoms. The third-order valence-corrected chi connectivity index (χ3v) is 7.90. The second-order valence-electron chi connectivity index (χ2n) is 12.9. The average molecular weight is 666 g/mol. The van der Waals surface area contributed by atoms with Crippen LogP contribution in [0.4, 0.5) is 4.79 Å². The minimum absolute atomic E-state index is 0.189. The van der Waals surface area contributed by atoms with Gasteiger partial charge in [-0.1, -0.05) is 31.4 Å². The maximum atomic E-state index is 12.8. The maximum absolute atomic E-state index is 12.8. The van der Waals surface area contributed by atoms with Crippen LogP contribution >= 0.6 is 0 Å². The summed E-state index contributed by atoms with van der Waals surface area (Å²) in [6.07, 6.45) is -4.26. The van der Waals surface area contributed by atoms with Gasteiger partial charge in [-0.05, 0) is 51.3 Å². The van der Waals surface area contributed by atoms with E-state index in [0.717, 1.165) is 52.7 Å². The van der Waals surface area contributed by atoms with Crippen molar-refractivity contribution in [1.29, 1.82) is 0 Å². The molecule has 1 aromatic rings. The smallest absolute Gasteiger partial charge is 0.410 e. The zero-order valence-corrected chi connectivity index (χ0v) is 28.3. The molecule has 0 bridgehead atoms. The van der Waals surface area contributed by atoms with E-state index in [4.69, 9.17) is 33.2 Å². The SMILES string of the molecule is COC(=O)[C@H]1O[C@@H](Oc2ccc(C(CN(C)C(=O)OC(C)(C)C)C3(O)CCCCC3)cc2)[C@H](OC(C)=O)[C@@H](OC(C)=O)[C@@H]1OC(C)=O. The number of hydrogen-bond acceptors (Lipinski definition) is 13. The second kappa shape index (κ2) is 15.8. The molecule has 47 heavy (non-hydrogen) atoms. The zero-order chi connectivity index (χ0) is 35.1. The quantitative estimate of drug-likeness (QED) is 0.285. The molecule has 1 aromatic carbocycles. The summed E-state index contributed by atoms with van der Waals surface area (Å²) in [5.74, 6) is -3.60. The van der Waals surface area contributed by atoms with Crippen LogP contribution < -0.4 is 4.74 Å². The van der Waals surface area contributed by atoms with E-state index in [1.54, 1.807) is 52.1 Å². The molecule has 1 saturated heterocycles. The summed E-state index contributed by atoms with van der Waals surface area (Å²) in [7, 11) is 2.72. The van der Waals surface area contributed by atoms with Crippen LogP contribution in [0.15, 0.2) is 24.3 Å². The minimum Gasteiger partial charge on any atom is -0.467 e. The third-order valence-electron chi connectivity index (χ3n) is 7.90. The van der Waals surface area contributed by atoms with E-state index in [1.807, 2.05) is 0 Å². The highest BCUT2D eigenvalue weighted by atomic mass is 16.7. The fraction of sp³-hybridized carbons (Fsp3) is 0.667. The lowest BCUT2D eigenvalue weighted by molar-refractivity contribution is -0.282. The summed E-state index contributed by atoms with van der Waals surface area (Å²) in [5.41, 5.74) is -1.02. The fourth-order valence-corrected chi connectivity index (χ4v) is 5.87. The first kappa shape index (κ1) is 37.5. The van der Waals surface area contributed by atoms with E-state index in [1.165, 1.54) is 4.90 Å². The van der Waals surface area contributed by atoms with Gasteiger partial charge in [-0.3, -0.25) is 14.4 Å². The van der Waals surface area contributed by atoms with Gasteiger partial charge in [0.2, 0.25) is 12.4 Å². The molecule has 1 amide bonds. The first-order valence-corrected chi connectivity index (χ1v) is 15.6. The van der Waals surface area contributed by atoms with Crippen molar-refractivity contribution in [2.45, 2.75) is 121 Å². The fourth-order valence-electron chi connectivity index (χ4n) is 5.87. The van der Waals surface area contributed by atoms with Crippen molar-refractivity contribution in [2.75, 3.05) is 20.7 Å². The lowest BCUT2D eigenvalue weighted by Crippen LogP contribution is -2.64. The number of benzene rings is 1. The van der Waals surface area contributed by atoms with Gasteiger partial charge in [-0.25, -0.2) is 9.59 Å². The summed E-state index contributed by atoms with van der Waals surface area (Å²) < 4.78 is 38.4. The predicted octanol–water partition coefficient (Wildman–Crippen LogP) is 3.40. The number of likely N-dealkylation sites (N-methyl/N-ethyl adjacent to an activating group) is 1. The molecule has 1 unspecified atom stereocenters. The van der Waals surface area contributed by atoms with Crippen molar-refractivity contribution in [3.05, 3.63) is 29.8 Å². The summed E-state index contributed by atoms with van der Waals surface area (Å²) in [4.78, 5) is 63.1. The average Bonchev–Trinajstić information content (AvgIpc) is 2.97. The number of amides is 1. The molecule has 0 spiro atoms.